The van der Waals surface area contributed by atoms with E-state index in [1.807, 2.05) is 18.2 Å². The van der Waals surface area contributed by atoms with Crippen molar-refractivity contribution in [1.82, 2.24) is 4.98 Å². The van der Waals surface area contributed by atoms with Crippen molar-refractivity contribution in [2.75, 3.05) is 7.11 Å². The van der Waals surface area contributed by atoms with E-state index in [1.165, 1.54) is 6.20 Å². The zero-order chi connectivity index (χ0) is 18.5. The second-order valence-electron chi connectivity index (χ2n) is 6.69. The highest BCUT2D eigenvalue weighted by atomic mass is 35.5. The van der Waals surface area contributed by atoms with E-state index in [1.54, 1.807) is 19.2 Å². The van der Waals surface area contributed by atoms with Crippen LogP contribution in [0.1, 0.15) is 35.2 Å². The fraction of sp³-hybridized carbons (Fsp3) is 0.250. The number of aliphatic hydroxyl groups is 1. The Morgan fingerprint density at radius 1 is 1.23 bits per heavy atom. The van der Waals surface area contributed by atoms with E-state index in [0.717, 1.165) is 30.4 Å². The van der Waals surface area contributed by atoms with Gasteiger partial charge in [-0.05, 0) is 43.0 Å². The minimum absolute atomic E-state index is 0.192. The molecule has 1 aromatic heterocycles. The minimum Gasteiger partial charge on any atom is -0.496 e. The van der Waals surface area contributed by atoms with Gasteiger partial charge in [0.15, 0.2) is 0 Å². The molecule has 1 heterocycles. The van der Waals surface area contributed by atoms with Crippen molar-refractivity contribution in [3.05, 3.63) is 52.7 Å². The Bertz CT molecular complexity index is 1020. The number of nitrogens with one attached hydrogen (secondary N) is 1. The summed E-state index contributed by atoms with van der Waals surface area (Å²) >= 11 is 6.45. The number of benzene rings is 2. The van der Waals surface area contributed by atoms with Crippen LogP contribution in [0.3, 0.4) is 0 Å². The molecule has 6 heteroatoms. The summed E-state index contributed by atoms with van der Waals surface area (Å²) in [6.45, 7) is 0. The molecule has 26 heavy (non-hydrogen) atoms. The number of aromatic amines is 1. The number of hydrogen-bond donors (Lipinski definition) is 3. The number of aromatic carboxylic acids is 1. The molecule has 0 radical (unpaired) electrons. The Morgan fingerprint density at radius 2 is 2.00 bits per heavy atom. The van der Waals surface area contributed by atoms with Crippen molar-refractivity contribution in [3.8, 4) is 16.9 Å². The molecular formula is C20H18ClNO4. The van der Waals surface area contributed by atoms with Gasteiger partial charge in [-0.25, -0.2) is 4.79 Å². The Balaban J connectivity index is 1.87. The van der Waals surface area contributed by atoms with Crippen LogP contribution in [0.25, 0.3) is 22.0 Å². The number of methoxy groups -OCH3 is 1. The average molecular weight is 372 g/mol. The lowest BCUT2D eigenvalue weighted by atomic mass is 9.75. The van der Waals surface area contributed by atoms with E-state index in [4.69, 9.17) is 16.3 Å². The highest BCUT2D eigenvalue weighted by Crippen LogP contribution is 2.45. The second-order valence-corrected chi connectivity index (χ2v) is 7.09. The third-order valence-corrected chi connectivity index (χ3v) is 5.52. The average Bonchev–Trinajstić information content (AvgIpc) is 3.01. The fourth-order valence-corrected chi connectivity index (χ4v) is 3.80. The van der Waals surface area contributed by atoms with Gasteiger partial charge in [0.2, 0.25) is 0 Å². The van der Waals surface area contributed by atoms with E-state index in [0.29, 0.717) is 27.2 Å². The number of fused-ring (bicyclic) bond motifs is 1. The normalized spacial score (nSPS) is 15.7. The van der Waals surface area contributed by atoms with Crippen LogP contribution in [0.5, 0.6) is 5.75 Å². The molecule has 4 rings (SSSR count). The fourth-order valence-electron chi connectivity index (χ4n) is 3.53. The van der Waals surface area contributed by atoms with Crippen molar-refractivity contribution < 1.29 is 19.7 Å². The molecule has 134 valence electrons. The van der Waals surface area contributed by atoms with Crippen molar-refractivity contribution in [3.63, 3.8) is 0 Å². The molecule has 0 atom stereocenters. The van der Waals surface area contributed by atoms with E-state index in [-0.39, 0.29) is 5.56 Å². The summed E-state index contributed by atoms with van der Waals surface area (Å²) in [4.78, 5) is 14.4. The SMILES string of the molecule is COc1cc(C2(O)CCC2)ccc1-c1cc2c(C(=O)O)c[nH]c2cc1Cl. The number of carboxylic acids is 1. The molecule has 1 saturated carbocycles. The van der Waals surface area contributed by atoms with Gasteiger partial charge in [0.25, 0.3) is 0 Å². The Hall–Kier alpha value is -2.50. The quantitative estimate of drug-likeness (QED) is 0.627. The highest BCUT2D eigenvalue weighted by Gasteiger charge is 2.36. The molecule has 1 fully saturated rings. The number of halogens is 1. The summed E-state index contributed by atoms with van der Waals surface area (Å²) in [5.74, 6) is -0.407. The first-order valence-electron chi connectivity index (χ1n) is 8.38. The maximum absolute atomic E-state index is 11.4. The van der Waals surface area contributed by atoms with Gasteiger partial charge in [-0.2, -0.15) is 0 Å². The summed E-state index contributed by atoms with van der Waals surface area (Å²) in [7, 11) is 1.57. The molecule has 5 nitrogen and oxygen atoms in total. The molecule has 0 unspecified atom stereocenters. The van der Waals surface area contributed by atoms with Gasteiger partial charge in [-0.1, -0.05) is 23.7 Å². The second kappa shape index (κ2) is 6.04. The Labute approximate surface area is 155 Å². The zero-order valence-corrected chi connectivity index (χ0v) is 14.9. The molecule has 0 amide bonds. The molecule has 1 aliphatic carbocycles. The van der Waals surface area contributed by atoms with Crippen molar-refractivity contribution in [1.29, 1.82) is 0 Å². The van der Waals surface area contributed by atoms with Crippen LogP contribution in [0.2, 0.25) is 5.02 Å². The number of aromatic nitrogens is 1. The van der Waals surface area contributed by atoms with Crippen LogP contribution in [-0.2, 0) is 5.60 Å². The molecule has 0 aliphatic heterocycles. The van der Waals surface area contributed by atoms with Gasteiger partial charge >= 0.3 is 5.97 Å². The number of H-pyrrole nitrogens is 1. The first-order valence-corrected chi connectivity index (χ1v) is 8.76. The van der Waals surface area contributed by atoms with Gasteiger partial charge in [0, 0.05) is 28.2 Å². The number of ether oxygens (including phenoxy) is 1. The minimum atomic E-state index is -1.00. The topological polar surface area (TPSA) is 82.6 Å². The molecule has 3 N–H and O–H groups in total. The third-order valence-electron chi connectivity index (χ3n) is 5.21. The van der Waals surface area contributed by atoms with E-state index in [9.17, 15) is 15.0 Å². The molecular weight excluding hydrogens is 354 g/mol. The zero-order valence-electron chi connectivity index (χ0n) is 14.2. The van der Waals surface area contributed by atoms with E-state index in [2.05, 4.69) is 4.98 Å². The van der Waals surface area contributed by atoms with Gasteiger partial charge < -0.3 is 19.9 Å². The summed E-state index contributed by atoms with van der Waals surface area (Å²) in [6, 6.07) is 9.06. The van der Waals surface area contributed by atoms with Crippen LogP contribution in [0.4, 0.5) is 0 Å². The number of carbonyl (C=O) groups is 1. The first kappa shape index (κ1) is 16.9. The number of hydrogen-bond acceptors (Lipinski definition) is 3. The van der Waals surface area contributed by atoms with Crippen LogP contribution in [0, 0.1) is 0 Å². The number of carboxylic acid groups (broad SMARTS) is 1. The van der Waals surface area contributed by atoms with Gasteiger partial charge in [-0.15, -0.1) is 0 Å². The lowest BCUT2D eigenvalue weighted by molar-refractivity contribution is -0.0389. The monoisotopic (exact) mass is 371 g/mol. The third kappa shape index (κ3) is 2.55. The smallest absolute Gasteiger partial charge is 0.337 e. The number of rotatable bonds is 4. The van der Waals surface area contributed by atoms with E-state index >= 15 is 0 Å². The van der Waals surface area contributed by atoms with Crippen molar-refractivity contribution in [2.24, 2.45) is 0 Å². The molecule has 1 aliphatic rings. The highest BCUT2D eigenvalue weighted by molar-refractivity contribution is 6.34. The van der Waals surface area contributed by atoms with Crippen LogP contribution >= 0.6 is 11.6 Å². The lowest BCUT2D eigenvalue weighted by Gasteiger charge is -2.37. The molecule has 3 aromatic rings. The van der Waals surface area contributed by atoms with Gasteiger partial charge in [0.05, 0.1) is 23.3 Å². The predicted octanol–water partition coefficient (Wildman–Crippen LogP) is 4.57. The first-order chi connectivity index (χ1) is 12.4. The lowest BCUT2D eigenvalue weighted by Crippen LogP contribution is -2.33. The summed E-state index contributed by atoms with van der Waals surface area (Å²) in [6.07, 6.45) is 3.95. The van der Waals surface area contributed by atoms with Crippen LogP contribution < -0.4 is 4.74 Å². The standard InChI is InChI=1S/C20H18ClNO4/c1-26-18-7-11(20(25)5-2-6-20)3-4-12(18)13-8-14-15(19(23)24)10-22-17(14)9-16(13)21/h3-4,7-10,22,25H,2,5-6H2,1H3,(H,23,24). The van der Waals surface area contributed by atoms with Crippen molar-refractivity contribution >= 4 is 28.5 Å². The van der Waals surface area contributed by atoms with Crippen molar-refractivity contribution in [2.45, 2.75) is 24.9 Å². The van der Waals surface area contributed by atoms with Crippen LogP contribution in [0.15, 0.2) is 36.5 Å². The summed E-state index contributed by atoms with van der Waals surface area (Å²) in [5.41, 5.74) is 2.34. The summed E-state index contributed by atoms with van der Waals surface area (Å²) < 4.78 is 5.54. The molecule has 2 aromatic carbocycles. The largest absolute Gasteiger partial charge is 0.496 e. The maximum Gasteiger partial charge on any atom is 0.337 e. The molecule has 0 bridgehead atoms. The molecule has 0 saturated heterocycles. The van der Waals surface area contributed by atoms with E-state index < -0.39 is 11.6 Å². The molecule has 0 spiro atoms. The Kier molecular flexibility index (Phi) is 3.93. The Morgan fingerprint density at radius 3 is 2.62 bits per heavy atom. The van der Waals surface area contributed by atoms with Crippen LogP contribution in [-0.4, -0.2) is 28.3 Å². The van der Waals surface area contributed by atoms with Gasteiger partial charge in [0.1, 0.15) is 5.75 Å². The van der Waals surface area contributed by atoms with Gasteiger partial charge in [-0.3, -0.25) is 0 Å². The summed E-state index contributed by atoms with van der Waals surface area (Å²) in [5, 5.41) is 21.0. The maximum atomic E-state index is 11.4. The predicted molar refractivity (Wildman–Crippen MR) is 100 cm³/mol.